The number of amides is 4. The highest BCUT2D eigenvalue weighted by atomic mass is 35.5. The van der Waals surface area contributed by atoms with Crippen molar-refractivity contribution in [2.75, 3.05) is 11.9 Å². The summed E-state index contributed by atoms with van der Waals surface area (Å²) in [5.74, 6) is -0.818. The van der Waals surface area contributed by atoms with Crippen LogP contribution in [0.4, 0.5) is 10.5 Å². The maximum absolute atomic E-state index is 12.4. The highest BCUT2D eigenvalue weighted by molar-refractivity contribution is 6.31. The number of carbonyl (C=O) groups is 3. The van der Waals surface area contributed by atoms with Crippen molar-refractivity contribution in [1.29, 1.82) is 0 Å². The highest BCUT2D eigenvalue weighted by Gasteiger charge is 2.47. The van der Waals surface area contributed by atoms with Crippen LogP contribution in [0.25, 0.3) is 0 Å². The van der Waals surface area contributed by atoms with Crippen molar-refractivity contribution in [3.05, 3.63) is 28.8 Å². The standard InChI is InChI=1S/C16H20ClN3O3/c1-4-8-16(3)14(22)20(15(23)19-16)9-13(21)18-12-7-5-6-11(17)10(12)2/h5-7H,4,8-9H2,1-3H3,(H,18,21)(H,19,23)/t16-/m0/s1. The zero-order chi connectivity index (χ0) is 17.2. The highest BCUT2D eigenvalue weighted by Crippen LogP contribution is 2.24. The Morgan fingerprint density at radius 2 is 2.09 bits per heavy atom. The molecule has 1 heterocycles. The molecule has 23 heavy (non-hydrogen) atoms. The molecule has 4 amide bonds. The van der Waals surface area contributed by atoms with Crippen molar-refractivity contribution in [2.45, 2.75) is 39.2 Å². The summed E-state index contributed by atoms with van der Waals surface area (Å²) in [7, 11) is 0. The van der Waals surface area contributed by atoms with E-state index in [0.717, 1.165) is 16.9 Å². The summed E-state index contributed by atoms with van der Waals surface area (Å²) in [6.45, 7) is 5.07. The normalized spacial score (nSPS) is 20.6. The number of hydrogen-bond donors (Lipinski definition) is 2. The topological polar surface area (TPSA) is 78.5 Å². The van der Waals surface area contributed by atoms with E-state index in [1.54, 1.807) is 32.0 Å². The molecule has 0 bridgehead atoms. The molecule has 0 spiro atoms. The van der Waals surface area contributed by atoms with E-state index in [1.165, 1.54) is 0 Å². The van der Waals surface area contributed by atoms with Gasteiger partial charge in [-0.3, -0.25) is 14.5 Å². The lowest BCUT2D eigenvalue weighted by atomic mass is 9.96. The second kappa shape index (κ2) is 6.58. The van der Waals surface area contributed by atoms with Gasteiger partial charge in [0.25, 0.3) is 5.91 Å². The number of benzene rings is 1. The third-order valence-corrected chi connectivity index (χ3v) is 4.35. The molecule has 1 aromatic rings. The summed E-state index contributed by atoms with van der Waals surface area (Å²) in [6, 6.07) is 4.62. The predicted molar refractivity (Wildman–Crippen MR) is 88.4 cm³/mol. The molecule has 0 saturated carbocycles. The molecule has 1 saturated heterocycles. The van der Waals surface area contributed by atoms with Crippen LogP contribution in [0.2, 0.25) is 5.02 Å². The fraction of sp³-hybridized carbons (Fsp3) is 0.438. The Bertz CT molecular complexity index is 662. The van der Waals surface area contributed by atoms with Crippen LogP contribution < -0.4 is 10.6 Å². The van der Waals surface area contributed by atoms with Gasteiger partial charge in [-0.15, -0.1) is 0 Å². The number of rotatable bonds is 5. The SMILES string of the molecule is CCC[C@]1(C)NC(=O)N(CC(=O)Nc2cccc(Cl)c2C)C1=O. The number of imide groups is 1. The van der Waals surface area contributed by atoms with Gasteiger partial charge >= 0.3 is 6.03 Å². The predicted octanol–water partition coefficient (Wildman–Crippen LogP) is 2.70. The fourth-order valence-electron chi connectivity index (χ4n) is 2.64. The number of nitrogens with one attached hydrogen (secondary N) is 2. The van der Waals surface area contributed by atoms with E-state index in [9.17, 15) is 14.4 Å². The van der Waals surface area contributed by atoms with Crippen molar-refractivity contribution in [2.24, 2.45) is 0 Å². The van der Waals surface area contributed by atoms with Gasteiger partial charge < -0.3 is 10.6 Å². The lowest BCUT2D eigenvalue weighted by Crippen LogP contribution is -2.44. The Hall–Kier alpha value is -2.08. The fourth-order valence-corrected chi connectivity index (χ4v) is 2.81. The van der Waals surface area contributed by atoms with Crippen LogP contribution in [0.1, 0.15) is 32.3 Å². The molecule has 0 aliphatic carbocycles. The van der Waals surface area contributed by atoms with Crippen LogP contribution in [-0.4, -0.2) is 34.8 Å². The van der Waals surface area contributed by atoms with Gasteiger partial charge in [-0.2, -0.15) is 0 Å². The number of carbonyl (C=O) groups excluding carboxylic acids is 3. The third-order valence-electron chi connectivity index (χ3n) is 3.94. The van der Waals surface area contributed by atoms with Crippen LogP contribution in [0.15, 0.2) is 18.2 Å². The monoisotopic (exact) mass is 337 g/mol. The Balaban J connectivity index is 2.07. The molecular weight excluding hydrogens is 318 g/mol. The zero-order valence-corrected chi connectivity index (χ0v) is 14.2. The van der Waals surface area contributed by atoms with Crippen LogP contribution in [0.3, 0.4) is 0 Å². The average Bonchev–Trinajstić information content (AvgIpc) is 2.68. The van der Waals surface area contributed by atoms with Gasteiger partial charge in [0.15, 0.2) is 0 Å². The van der Waals surface area contributed by atoms with E-state index in [0.29, 0.717) is 17.1 Å². The minimum Gasteiger partial charge on any atom is -0.324 e. The molecule has 0 radical (unpaired) electrons. The molecular formula is C16H20ClN3O3. The van der Waals surface area contributed by atoms with E-state index in [4.69, 9.17) is 11.6 Å². The largest absolute Gasteiger partial charge is 0.325 e. The van der Waals surface area contributed by atoms with Crippen molar-refractivity contribution < 1.29 is 14.4 Å². The minimum atomic E-state index is -0.932. The van der Waals surface area contributed by atoms with E-state index in [-0.39, 0.29) is 12.5 Å². The van der Waals surface area contributed by atoms with E-state index >= 15 is 0 Å². The van der Waals surface area contributed by atoms with Crippen LogP contribution in [-0.2, 0) is 9.59 Å². The third kappa shape index (κ3) is 3.47. The molecule has 1 atom stereocenters. The molecule has 0 aromatic heterocycles. The molecule has 1 aromatic carbocycles. The van der Waals surface area contributed by atoms with Gasteiger partial charge in [0.2, 0.25) is 5.91 Å². The van der Waals surface area contributed by atoms with Crippen molar-refractivity contribution in [3.63, 3.8) is 0 Å². The second-order valence-corrected chi connectivity index (χ2v) is 6.27. The van der Waals surface area contributed by atoms with Crippen LogP contribution >= 0.6 is 11.6 Å². The molecule has 1 aliphatic heterocycles. The van der Waals surface area contributed by atoms with Crippen molar-refractivity contribution in [3.8, 4) is 0 Å². The summed E-state index contributed by atoms with van der Waals surface area (Å²) in [6.07, 6.45) is 1.29. The quantitative estimate of drug-likeness (QED) is 0.811. The maximum atomic E-state index is 12.4. The lowest BCUT2D eigenvalue weighted by Gasteiger charge is -2.20. The molecule has 1 fully saturated rings. The van der Waals surface area contributed by atoms with E-state index in [2.05, 4.69) is 10.6 Å². The Kier molecular flexibility index (Phi) is 4.94. The van der Waals surface area contributed by atoms with Crippen LogP contribution in [0, 0.1) is 6.92 Å². The minimum absolute atomic E-state index is 0.323. The summed E-state index contributed by atoms with van der Waals surface area (Å²) in [4.78, 5) is 37.5. The first-order valence-electron chi connectivity index (χ1n) is 7.47. The van der Waals surface area contributed by atoms with Crippen LogP contribution in [0.5, 0.6) is 0 Å². The molecule has 2 N–H and O–H groups in total. The van der Waals surface area contributed by atoms with E-state index in [1.807, 2.05) is 6.92 Å². The number of urea groups is 1. The van der Waals surface area contributed by atoms with Gasteiger partial charge in [0.1, 0.15) is 12.1 Å². The number of nitrogens with zero attached hydrogens (tertiary/aromatic N) is 1. The maximum Gasteiger partial charge on any atom is 0.325 e. The second-order valence-electron chi connectivity index (χ2n) is 5.86. The van der Waals surface area contributed by atoms with Gasteiger partial charge in [-0.1, -0.05) is 31.0 Å². The molecule has 7 heteroatoms. The number of halogens is 1. The van der Waals surface area contributed by atoms with Gasteiger partial charge in [0.05, 0.1) is 0 Å². The van der Waals surface area contributed by atoms with Gasteiger partial charge in [-0.05, 0) is 38.0 Å². The Labute approximate surface area is 140 Å². The first-order valence-corrected chi connectivity index (χ1v) is 7.85. The van der Waals surface area contributed by atoms with Gasteiger partial charge in [0, 0.05) is 10.7 Å². The summed E-state index contributed by atoms with van der Waals surface area (Å²) in [5.41, 5.74) is 0.361. The molecule has 6 nitrogen and oxygen atoms in total. The Morgan fingerprint density at radius 1 is 1.39 bits per heavy atom. The first kappa shape index (κ1) is 17.3. The number of hydrogen-bond acceptors (Lipinski definition) is 3. The summed E-state index contributed by atoms with van der Waals surface area (Å²) in [5, 5.41) is 5.87. The number of anilines is 1. The van der Waals surface area contributed by atoms with Crippen molar-refractivity contribution >= 4 is 35.1 Å². The zero-order valence-electron chi connectivity index (χ0n) is 13.4. The van der Waals surface area contributed by atoms with E-state index < -0.39 is 17.5 Å². The molecule has 0 unspecified atom stereocenters. The lowest BCUT2D eigenvalue weighted by molar-refractivity contribution is -0.133. The average molecular weight is 338 g/mol. The smallest absolute Gasteiger partial charge is 0.324 e. The molecule has 2 rings (SSSR count). The summed E-state index contributed by atoms with van der Waals surface area (Å²) < 4.78 is 0. The first-order chi connectivity index (χ1) is 10.8. The van der Waals surface area contributed by atoms with Crippen molar-refractivity contribution in [1.82, 2.24) is 10.2 Å². The van der Waals surface area contributed by atoms with Gasteiger partial charge in [-0.25, -0.2) is 4.79 Å². The molecule has 124 valence electrons. The Morgan fingerprint density at radius 3 is 2.74 bits per heavy atom. The molecule has 1 aliphatic rings. The summed E-state index contributed by atoms with van der Waals surface area (Å²) >= 11 is 6.01.